The summed E-state index contributed by atoms with van der Waals surface area (Å²) in [5.74, 6) is 0.0286. The molecule has 17 heavy (non-hydrogen) atoms. The second kappa shape index (κ2) is 7.70. The lowest BCUT2D eigenvalue weighted by atomic mass is 9.82. The zero-order valence-electron chi connectivity index (χ0n) is 11.4. The lowest BCUT2D eigenvalue weighted by molar-refractivity contribution is -0.155. The predicted molar refractivity (Wildman–Crippen MR) is 69.9 cm³/mol. The Morgan fingerprint density at radius 1 is 1.24 bits per heavy atom. The van der Waals surface area contributed by atoms with Crippen LogP contribution in [0.5, 0.6) is 0 Å². The number of hydrogen-bond acceptors (Lipinski definition) is 3. The summed E-state index contributed by atoms with van der Waals surface area (Å²) < 4.78 is 5.45. The van der Waals surface area contributed by atoms with Crippen LogP contribution in [0, 0.1) is 5.41 Å². The van der Waals surface area contributed by atoms with Gasteiger partial charge in [-0.1, -0.05) is 39.5 Å². The average Bonchev–Trinajstić information content (AvgIpc) is 2.79. The normalized spacial score (nSPS) is 23.9. The summed E-state index contributed by atoms with van der Waals surface area (Å²) in [7, 11) is 0. The lowest BCUT2D eigenvalue weighted by Crippen LogP contribution is -2.35. The first kappa shape index (κ1) is 14.5. The van der Waals surface area contributed by atoms with Crippen LogP contribution in [0.2, 0.25) is 0 Å². The van der Waals surface area contributed by atoms with Crippen LogP contribution < -0.4 is 5.32 Å². The minimum Gasteiger partial charge on any atom is -0.465 e. The molecule has 1 fully saturated rings. The van der Waals surface area contributed by atoms with Gasteiger partial charge in [0.15, 0.2) is 0 Å². The van der Waals surface area contributed by atoms with Gasteiger partial charge in [0.2, 0.25) is 0 Å². The summed E-state index contributed by atoms with van der Waals surface area (Å²) in [5, 5.41) is 3.29. The average molecular weight is 241 g/mol. The van der Waals surface area contributed by atoms with Gasteiger partial charge in [-0.05, 0) is 25.8 Å². The number of esters is 1. The minimum absolute atomic E-state index is 0.0286. The Morgan fingerprint density at radius 2 is 2.06 bits per heavy atom. The van der Waals surface area contributed by atoms with Crippen molar-refractivity contribution >= 4 is 5.97 Å². The minimum atomic E-state index is -0.223. The van der Waals surface area contributed by atoms with Crippen LogP contribution >= 0.6 is 0 Å². The highest BCUT2D eigenvalue weighted by molar-refractivity contribution is 5.77. The van der Waals surface area contributed by atoms with Crippen LogP contribution in [0.4, 0.5) is 0 Å². The number of rotatable bonds is 8. The topological polar surface area (TPSA) is 38.3 Å². The molecule has 3 nitrogen and oxygen atoms in total. The van der Waals surface area contributed by atoms with Gasteiger partial charge >= 0.3 is 5.97 Å². The van der Waals surface area contributed by atoms with E-state index in [2.05, 4.69) is 19.2 Å². The molecule has 1 unspecified atom stereocenters. The van der Waals surface area contributed by atoms with Crippen LogP contribution in [-0.2, 0) is 9.53 Å². The van der Waals surface area contributed by atoms with E-state index in [1.807, 2.05) is 0 Å². The smallest absolute Gasteiger partial charge is 0.313 e. The molecule has 0 aromatic rings. The van der Waals surface area contributed by atoms with Gasteiger partial charge in [-0.25, -0.2) is 0 Å². The van der Waals surface area contributed by atoms with E-state index in [0.29, 0.717) is 6.61 Å². The molecule has 100 valence electrons. The number of hydrogen-bond donors (Lipinski definition) is 1. The predicted octanol–water partition coefficient (Wildman–Crippen LogP) is 2.89. The molecule has 1 aliphatic rings. The summed E-state index contributed by atoms with van der Waals surface area (Å²) in [6.07, 6.45) is 7.57. The second-order valence-corrected chi connectivity index (χ2v) is 5.15. The molecule has 0 amide bonds. The summed E-state index contributed by atoms with van der Waals surface area (Å²) in [5.41, 5.74) is -0.223. The maximum Gasteiger partial charge on any atom is 0.313 e. The first-order chi connectivity index (χ1) is 8.25. The first-order valence-electron chi connectivity index (χ1n) is 7.13. The highest BCUT2D eigenvalue weighted by atomic mass is 16.5. The van der Waals surface area contributed by atoms with Gasteiger partial charge in [0.1, 0.15) is 0 Å². The van der Waals surface area contributed by atoms with Gasteiger partial charge in [0, 0.05) is 6.54 Å². The third kappa shape index (κ3) is 4.30. The summed E-state index contributed by atoms with van der Waals surface area (Å²) >= 11 is 0. The standard InChI is InChI=1S/C14H27NO2/c1-3-5-6-7-11-17-13(16)14(8-4-2)9-10-15-12-14/h15H,3-12H2,1-2H3. The fourth-order valence-electron chi connectivity index (χ4n) is 2.56. The molecule has 0 spiro atoms. The molecule has 0 saturated carbocycles. The fraction of sp³-hybridized carbons (Fsp3) is 0.929. The molecule has 1 N–H and O–H groups in total. The van der Waals surface area contributed by atoms with Gasteiger partial charge in [0.25, 0.3) is 0 Å². The van der Waals surface area contributed by atoms with Crippen molar-refractivity contribution in [1.82, 2.24) is 5.32 Å². The van der Waals surface area contributed by atoms with Gasteiger partial charge in [0.05, 0.1) is 12.0 Å². The van der Waals surface area contributed by atoms with E-state index >= 15 is 0 Å². The molecule has 1 atom stereocenters. The van der Waals surface area contributed by atoms with Crippen molar-refractivity contribution in [3.05, 3.63) is 0 Å². The van der Waals surface area contributed by atoms with Crippen LogP contribution in [0.15, 0.2) is 0 Å². The maximum atomic E-state index is 12.1. The van der Waals surface area contributed by atoms with Gasteiger partial charge in [-0.3, -0.25) is 4.79 Å². The SMILES string of the molecule is CCCCCCOC(=O)C1(CCC)CCNC1. The third-order valence-electron chi connectivity index (χ3n) is 3.64. The number of ether oxygens (including phenoxy) is 1. The molecule has 0 radical (unpaired) electrons. The number of carbonyl (C=O) groups is 1. The molecule has 0 aromatic carbocycles. The molecule has 0 bridgehead atoms. The van der Waals surface area contributed by atoms with Gasteiger partial charge in [-0.15, -0.1) is 0 Å². The van der Waals surface area contributed by atoms with Crippen molar-refractivity contribution < 1.29 is 9.53 Å². The largest absolute Gasteiger partial charge is 0.465 e. The highest BCUT2D eigenvalue weighted by Gasteiger charge is 2.41. The van der Waals surface area contributed by atoms with Crippen molar-refractivity contribution in [3.63, 3.8) is 0 Å². The zero-order valence-corrected chi connectivity index (χ0v) is 11.4. The zero-order chi connectivity index (χ0) is 12.6. The summed E-state index contributed by atoms with van der Waals surface area (Å²) in [6.45, 7) is 6.67. The molecule has 1 rings (SSSR count). The van der Waals surface area contributed by atoms with E-state index < -0.39 is 0 Å². The lowest BCUT2D eigenvalue weighted by Gasteiger charge is -2.25. The van der Waals surface area contributed by atoms with E-state index in [1.54, 1.807) is 0 Å². The Labute approximate surface area is 105 Å². The van der Waals surface area contributed by atoms with E-state index in [4.69, 9.17) is 4.74 Å². The number of unbranched alkanes of at least 4 members (excludes halogenated alkanes) is 3. The molecular formula is C14H27NO2. The van der Waals surface area contributed by atoms with Crippen LogP contribution in [-0.4, -0.2) is 25.7 Å². The molecule has 3 heteroatoms. The first-order valence-corrected chi connectivity index (χ1v) is 7.13. The molecule has 1 saturated heterocycles. The monoisotopic (exact) mass is 241 g/mol. The Morgan fingerprint density at radius 3 is 2.65 bits per heavy atom. The molecule has 0 aliphatic carbocycles. The van der Waals surface area contributed by atoms with Crippen molar-refractivity contribution in [2.45, 2.75) is 58.8 Å². The Bertz CT molecular complexity index is 222. The van der Waals surface area contributed by atoms with Gasteiger partial charge in [-0.2, -0.15) is 0 Å². The molecule has 1 heterocycles. The van der Waals surface area contributed by atoms with Crippen molar-refractivity contribution in [2.24, 2.45) is 5.41 Å². The van der Waals surface area contributed by atoms with E-state index in [9.17, 15) is 4.79 Å². The van der Waals surface area contributed by atoms with Crippen LogP contribution in [0.25, 0.3) is 0 Å². The summed E-state index contributed by atoms with van der Waals surface area (Å²) in [4.78, 5) is 12.1. The number of carbonyl (C=O) groups excluding carboxylic acids is 1. The highest BCUT2D eigenvalue weighted by Crippen LogP contribution is 2.32. The van der Waals surface area contributed by atoms with E-state index in [0.717, 1.165) is 38.8 Å². The Hall–Kier alpha value is -0.570. The Kier molecular flexibility index (Phi) is 6.56. The van der Waals surface area contributed by atoms with Crippen molar-refractivity contribution in [1.29, 1.82) is 0 Å². The molecule has 0 aromatic heterocycles. The van der Waals surface area contributed by atoms with Crippen LogP contribution in [0.1, 0.15) is 58.8 Å². The Balaban J connectivity index is 2.28. The summed E-state index contributed by atoms with van der Waals surface area (Å²) in [6, 6.07) is 0. The third-order valence-corrected chi connectivity index (χ3v) is 3.64. The second-order valence-electron chi connectivity index (χ2n) is 5.15. The fourth-order valence-corrected chi connectivity index (χ4v) is 2.56. The number of nitrogens with one attached hydrogen (secondary N) is 1. The van der Waals surface area contributed by atoms with E-state index in [1.165, 1.54) is 19.3 Å². The maximum absolute atomic E-state index is 12.1. The van der Waals surface area contributed by atoms with Crippen molar-refractivity contribution in [3.8, 4) is 0 Å². The van der Waals surface area contributed by atoms with E-state index in [-0.39, 0.29) is 11.4 Å². The molecular weight excluding hydrogens is 214 g/mol. The van der Waals surface area contributed by atoms with Gasteiger partial charge < -0.3 is 10.1 Å². The van der Waals surface area contributed by atoms with Crippen molar-refractivity contribution in [2.75, 3.05) is 19.7 Å². The quantitative estimate of drug-likeness (QED) is 0.524. The molecule has 1 aliphatic heterocycles. The van der Waals surface area contributed by atoms with Crippen LogP contribution in [0.3, 0.4) is 0 Å².